The summed E-state index contributed by atoms with van der Waals surface area (Å²) in [6.45, 7) is 4.06. The van der Waals surface area contributed by atoms with E-state index in [9.17, 15) is 19.0 Å². The topological polar surface area (TPSA) is 111 Å². The third-order valence-electron chi connectivity index (χ3n) is 14.2. The lowest BCUT2D eigenvalue weighted by atomic mass is 10.0. The molecule has 0 heterocycles. The van der Waals surface area contributed by atoms with Crippen LogP contribution in [0.4, 0.5) is 0 Å². The summed E-state index contributed by atoms with van der Waals surface area (Å²) in [4.78, 5) is 38.0. The maximum atomic E-state index is 12.8. The minimum atomic E-state index is -4.67. The van der Waals surface area contributed by atoms with Gasteiger partial charge in [-0.3, -0.25) is 14.2 Å². The Morgan fingerprint density at radius 1 is 0.364 bits per heavy atom. The lowest BCUT2D eigenvalue weighted by Gasteiger charge is -2.28. The summed E-state index contributed by atoms with van der Waals surface area (Å²) in [5.74, 6) is -0.894. The lowest BCUT2D eigenvalue weighted by Crippen LogP contribution is -2.37. The summed E-state index contributed by atoms with van der Waals surface area (Å²) in [6, 6.07) is 0. The molecule has 0 radical (unpaired) electrons. The molecule has 498 valence electrons. The first-order valence-electron chi connectivity index (χ1n) is 34.8. The first kappa shape index (κ1) is 83.4. The van der Waals surface area contributed by atoms with Crippen LogP contribution in [0.2, 0.25) is 0 Å². The van der Waals surface area contributed by atoms with Gasteiger partial charge in [0.1, 0.15) is 19.8 Å². The second kappa shape index (κ2) is 66.8. The molecule has 0 amide bonds. The first-order chi connectivity index (χ1) is 43.0. The number of allylic oxidation sites excluding steroid dienone is 28. The second-order valence-electron chi connectivity index (χ2n) is 23.8. The normalized spacial score (nSPS) is 14.2. The number of hydrogen-bond donors (Lipinski definition) is 0. The highest BCUT2D eigenvalue weighted by atomic mass is 31.2. The van der Waals surface area contributed by atoms with Crippen LogP contribution < -0.4 is 4.89 Å². The van der Waals surface area contributed by atoms with E-state index in [2.05, 4.69) is 184 Å². The number of quaternary nitrogens is 1. The summed E-state index contributed by atoms with van der Waals surface area (Å²) in [6.07, 6.45) is 101. The third kappa shape index (κ3) is 70.5. The Labute approximate surface area is 540 Å². The number of rotatable bonds is 62. The number of carbonyl (C=O) groups excluding carboxylic acids is 2. The van der Waals surface area contributed by atoms with Crippen molar-refractivity contribution in [2.75, 3.05) is 47.5 Å². The number of hydrogen-bond acceptors (Lipinski definition) is 8. The van der Waals surface area contributed by atoms with Crippen molar-refractivity contribution in [3.63, 3.8) is 0 Å². The molecule has 0 fully saturated rings. The quantitative estimate of drug-likeness (QED) is 0.0195. The van der Waals surface area contributed by atoms with Gasteiger partial charge in [0.25, 0.3) is 7.82 Å². The largest absolute Gasteiger partial charge is 0.756 e. The molecule has 0 N–H and O–H groups in total. The Hall–Kier alpha value is -4.63. The van der Waals surface area contributed by atoms with E-state index in [0.717, 1.165) is 116 Å². The molecule has 10 heteroatoms. The molecule has 0 aliphatic carbocycles. The van der Waals surface area contributed by atoms with Crippen LogP contribution in [0.5, 0.6) is 0 Å². The van der Waals surface area contributed by atoms with Crippen LogP contribution in [0.3, 0.4) is 0 Å². The molecule has 0 bridgehead atoms. The van der Waals surface area contributed by atoms with E-state index >= 15 is 0 Å². The Kier molecular flexibility index (Phi) is 63.3. The van der Waals surface area contributed by atoms with E-state index < -0.39 is 32.5 Å². The molecule has 0 saturated heterocycles. The van der Waals surface area contributed by atoms with Crippen LogP contribution in [0.15, 0.2) is 170 Å². The fraction of sp³-hybridized carbons (Fsp3) is 0.615. The molecule has 88 heavy (non-hydrogen) atoms. The van der Waals surface area contributed by atoms with Gasteiger partial charge in [0.2, 0.25) is 0 Å². The fourth-order valence-corrected chi connectivity index (χ4v) is 9.63. The SMILES string of the molecule is CC/C=C\C/C=C\C/C=C\C/C=C\C/C=C\C/C=C\C/C=C\C/C=C\C/C=C\C/C=C\C/C=C\C/C=C\CCCCC(=O)OC(COC(=O)CCCCCCCCCCCCCCC/C=C\C/C=C\CCCCCCC)COP(=O)([O-])OCC[N+](C)(C)C. The highest BCUT2D eigenvalue weighted by Crippen LogP contribution is 2.38. The van der Waals surface area contributed by atoms with Gasteiger partial charge in [-0.15, -0.1) is 0 Å². The number of ether oxygens (including phenoxy) is 2. The Morgan fingerprint density at radius 2 is 0.648 bits per heavy atom. The smallest absolute Gasteiger partial charge is 0.306 e. The molecule has 0 rings (SSSR count). The van der Waals surface area contributed by atoms with Crippen molar-refractivity contribution in [2.24, 2.45) is 0 Å². The van der Waals surface area contributed by atoms with E-state index in [4.69, 9.17) is 18.5 Å². The van der Waals surface area contributed by atoms with E-state index in [-0.39, 0.29) is 26.1 Å². The molecule has 0 saturated carbocycles. The number of likely N-dealkylation sites (N-methyl/N-ethyl adjacent to an activating group) is 1. The lowest BCUT2D eigenvalue weighted by molar-refractivity contribution is -0.870. The zero-order chi connectivity index (χ0) is 64.1. The molecule has 2 unspecified atom stereocenters. The fourth-order valence-electron chi connectivity index (χ4n) is 8.90. The first-order valence-corrected chi connectivity index (χ1v) is 36.3. The number of phosphoric ester groups is 1. The predicted octanol–water partition coefficient (Wildman–Crippen LogP) is 22.3. The molecule has 0 aromatic heterocycles. The standard InChI is InChI=1S/C78H128NO8P/c1-6-8-10-12-14-16-18-20-22-24-26-28-30-32-33-34-35-36-37-38-39-40-41-42-43-44-45-47-49-51-53-55-57-59-61-63-65-67-69-71-78(81)87-76(75-86-88(82,83)85-73-72-79(3,4)5)74-84-77(80)70-68-66-64-62-60-58-56-54-52-50-48-46-31-29-27-25-23-21-19-17-15-13-11-9-7-2/h8,10,14,16,19-22,25-28,32-33,35-36,38-39,41-42,44-45,49,51,55,57,61,63,76H,6-7,9,11-13,15,17-18,23-24,29-31,34,37,40,43,46-48,50,52-54,56,58-60,62,64-75H2,1-5H3/b10-8-,16-14-,21-19-,22-20-,27-25-,28-26-,33-32-,36-35-,39-38-,42-41-,45-44-,51-49-,57-55-,63-61-. The molecule has 9 nitrogen and oxygen atoms in total. The molecular formula is C78H128NO8P. The summed E-state index contributed by atoms with van der Waals surface area (Å²) >= 11 is 0. The van der Waals surface area contributed by atoms with Crippen LogP contribution in [0.1, 0.15) is 258 Å². The molecule has 0 aliphatic heterocycles. The highest BCUT2D eigenvalue weighted by molar-refractivity contribution is 7.45. The van der Waals surface area contributed by atoms with Gasteiger partial charge in [0.05, 0.1) is 27.7 Å². The maximum Gasteiger partial charge on any atom is 0.306 e. The van der Waals surface area contributed by atoms with Gasteiger partial charge in [0, 0.05) is 12.8 Å². The van der Waals surface area contributed by atoms with E-state index in [1.165, 1.54) is 103 Å². The van der Waals surface area contributed by atoms with Crippen molar-refractivity contribution in [2.45, 2.75) is 264 Å². The number of nitrogens with zero attached hydrogens (tertiary/aromatic N) is 1. The summed E-state index contributed by atoms with van der Waals surface area (Å²) < 4.78 is 34.2. The van der Waals surface area contributed by atoms with Crippen LogP contribution in [0, 0.1) is 0 Å². The van der Waals surface area contributed by atoms with Crippen LogP contribution in [-0.4, -0.2) is 70.0 Å². The van der Waals surface area contributed by atoms with Crippen LogP contribution >= 0.6 is 7.82 Å². The molecular weight excluding hydrogens is 1110 g/mol. The van der Waals surface area contributed by atoms with E-state index in [1.54, 1.807) is 0 Å². The maximum absolute atomic E-state index is 12.8. The number of phosphoric acid groups is 1. The zero-order valence-electron chi connectivity index (χ0n) is 56.6. The van der Waals surface area contributed by atoms with Crippen molar-refractivity contribution in [1.29, 1.82) is 0 Å². The molecule has 0 aromatic carbocycles. The van der Waals surface area contributed by atoms with Crippen molar-refractivity contribution in [3.05, 3.63) is 170 Å². The Bertz CT molecular complexity index is 2090. The zero-order valence-corrected chi connectivity index (χ0v) is 57.5. The minimum absolute atomic E-state index is 0.0482. The monoisotopic (exact) mass is 1240 g/mol. The second-order valence-corrected chi connectivity index (χ2v) is 25.2. The molecule has 2 atom stereocenters. The van der Waals surface area contributed by atoms with Crippen molar-refractivity contribution < 1.29 is 42.1 Å². The summed E-state index contributed by atoms with van der Waals surface area (Å²) in [7, 11) is 1.12. The summed E-state index contributed by atoms with van der Waals surface area (Å²) in [5.41, 5.74) is 0. The number of carbonyl (C=O) groups is 2. The van der Waals surface area contributed by atoms with Crippen molar-refractivity contribution >= 4 is 19.8 Å². The summed E-state index contributed by atoms with van der Waals surface area (Å²) in [5, 5.41) is 0. The van der Waals surface area contributed by atoms with Gasteiger partial charge < -0.3 is 27.9 Å². The van der Waals surface area contributed by atoms with Gasteiger partial charge in [-0.2, -0.15) is 0 Å². The predicted molar refractivity (Wildman–Crippen MR) is 378 cm³/mol. The molecule has 0 aromatic rings. The van der Waals surface area contributed by atoms with Gasteiger partial charge in [0.15, 0.2) is 6.10 Å². The molecule has 0 aliphatic rings. The Balaban J connectivity index is 4.22. The number of unbranched alkanes of at least 4 members (excludes halogenated alkanes) is 20. The van der Waals surface area contributed by atoms with E-state index in [1.807, 2.05) is 21.1 Å². The highest BCUT2D eigenvalue weighted by Gasteiger charge is 2.22. The molecule has 0 spiro atoms. The van der Waals surface area contributed by atoms with Gasteiger partial charge in [-0.25, -0.2) is 0 Å². The van der Waals surface area contributed by atoms with Crippen LogP contribution in [-0.2, 0) is 32.7 Å². The third-order valence-corrected chi connectivity index (χ3v) is 15.2. The average Bonchev–Trinajstić information content (AvgIpc) is 3.68. The Morgan fingerprint density at radius 3 is 0.989 bits per heavy atom. The van der Waals surface area contributed by atoms with Crippen molar-refractivity contribution in [3.8, 4) is 0 Å². The van der Waals surface area contributed by atoms with Gasteiger partial charge >= 0.3 is 11.9 Å². The van der Waals surface area contributed by atoms with Crippen molar-refractivity contribution in [1.82, 2.24) is 0 Å². The number of esters is 2. The van der Waals surface area contributed by atoms with E-state index in [0.29, 0.717) is 23.9 Å². The van der Waals surface area contributed by atoms with Gasteiger partial charge in [-0.05, 0) is 135 Å². The average molecular weight is 1240 g/mol. The van der Waals surface area contributed by atoms with Gasteiger partial charge in [-0.1, -0.05) is 280 Å². The minimum Gasteiger partial charge on any atom is -0.756 e. The van der Waals surface area contributed by atoms with Crippen LogP contribution in [0.25, 0.3) is 0 Å².